The van der Waals surface area contributed by atoms with Crippen molar-refractivity contribution in [1.82, 2.24) is 9.38 Å². The average Bonchev–Trinajstić information content (AvgIpc) is 2.47. The van der Waals surface area contributed by atoms with E-state index in [2.05, 4.69) is 20.9 Å². The first-order chi connectivity index (χ1) is 5.81. The molecule has 0 aliphatic carbocycles. The monoisotopic (exact) mass is 225 g/mol. The van der Waals surface area contributed by atoms with E-state index in [-0.39, 0.29) is 0 Å². The highest BCUT2D eigenvalue weighted by molar-refractivity contribution is 9.10. The lowest BCUT2D eigenvalue weighted by Crippen LogP contribution is -2.01. The van der Waals surface area contributed by atoms with Crippen LogP contribution in [0.15, 0.2) is 29.1 Å². The van der Waals surface area contributed by atoms with Crippen molar-refractivity contribution in [3.8, 4) is 0 Å². The molecule has 0 atom stereocenters. The second-order valence-electron chi connectivity index (χ2n) is 2.53. The summed E-state index contributed by atoms with van der Waals surface area (Å²) in [5.41, 5.74) is 7.43. The molecule has 2 N–H and O–H groups in total. The lowest BCUT2D eigenvalue weighted by molar-refractivity contribution is 0.948. The predicted octanol–water partition coefficient (Wildman–Crippen LogP) is 1.56. The van der Waals surface area contributed by atoms with Crippen LogP contribution in [0.25, 0.3) is 5.52 Å². The third kappa shape index (κ3) is 1.13. The van der Waals surface area contributed by atoms with Crippen LogP contribution >= 0.6 is 15.9 Å². The topological polar surface area (TPSA) is 43.3 Å². The van der Waals surface area contributed by atoms with Gasteiger partial charge in [-0.2, -0.15) is 0 Å². The van der Waals surface area contributed by atoms with E-state index in [0.717, 1.165) is 15.8 Å². The van der Waals surface area contributed by atoms with Crippen molar-refractivity contribution >= 4 is 21.4 Å². The van der Waals surface area contributed by atoms with Crippen molar-refractivity contribution < 1.29 is 0 Å². The fraction of sp³-hybridized carbons (Fsp3) is 0.125. The van der Waals surface area contributed by atoms with Crippen molar-refractivity contribution in [1.29, 1.82) is 0 Å². The van der Waals surface area contributed by atoms with E-state index in [1.54, 1.807) is 0 Å². The van der Waals surface area contributed by atoms with Crippen LogP contribution in [0.5, 0.6) is 0 Å². The van der Waals surface area contributed by atoms with E-state index in [1.807, 2.05) is 28.9 Å². The standard InChI is InChI=1S/C8H8BrN3/c9-8-2-1-7-4-11-6(3-10)5-12(7)8/h1-2,4-5H,3,10H2. The molecule has 4 heteroatoms. The van der Waals surface area contributed by atoms with E-state index in [9.17, 15) is 0 Å². The zero-order valence-electron chi connectivity index (χ0n) is 6.37. The number of aromatic nitrogens is 2. The number of fused-ring (bicyclic) bond motifs is 1. The van der Waals surface area contributed by atoms with Crippen LogP contribution in [-0.2, 0) is 6.54 Å². The summed E-state index contributed by atoms with van der Waals surface area (Å²) in [7, 11) is 0. The lowest BCUT2D eigenvalue weighted by atomic mass is 10.4. The van der Waals surface area contributed by atoms with Crippen molar-refractivity contribution in [3.63, 3.8) is 0 Å². The van der Waals surface area contributed by atoms with Gasteiger partial charge in [0.1, 0.15) is 0 Å². The van der Waals surface area contributed by atoms with Gasteiger partial charge in [-0.05, 0) is 28.1 Å². The van der Waals surface area contributed by atoms with Crippen LogP contribution in [0.2, 0.25) is 0 Å². The van der Waals surface area contributed by atoms with Gasteiger partial charge in [0, 0.05) is 12.7 Å². The van der Waals surface area contributed by atoms with Gasteiger partial charge in [-0.1, -0.05) is 0 Å². The average molecular weight is 226 g/mol. The molecule has 0 bridgehead atoms. The zero-order valence-corrected chi connectivity index (χ0v) is 7.95. The Morgan fingerprint density at radius 3 is 3.08 bits per heavy atom. The van der Waals surface area contributed by atoms with Gasteiger partial charge in [0.2, 0.25) is 0 Å². The maximum Gasteiger partial charge on any atom is 0.0893 e. The molecule has 0 saturated heterocycles. The number of nitrogens with zero attached hydrogens (tertiary/aromatic N) is 2. The molecule has 62 valence electrons. The minimum atomic E-state index is 0.473. The van der Waals surface area contributed by atoms with Crippen LogP contribution in [0.4, 0.5) is 0 Å². The fourth-order valence-electron chi connectivity index (χ4n) is 1.12. The normalized spacial score (nSPS) is 10.8. The van der Waals surface area contributed by atoms with Gasteiger partial charge in [-0.15, -0.1) is 0 Å². The molecule has 0 aliphatic rings. The Hall–Kier alpha value is -0.870. The molecular weight excluding hydrogens is 218 g/mol. The Morgan fingerprint density at radius 1 is 1.50 bits per heavy atom. The molecule has 2 heterocycles. The Balaban J connectivity index is 2.71. The first kappa shape index (κ1) is 7.76. The van der Waals surface area contributed by atoms with Crippen LogP contribution in [-0.4, -0.2) is 9.38 Å². The number of rotatable bonds is 1. The minimum Gasteiger partial charge on any atom is -0.325 e. The van der Waals surface area contributed by atoms with Crippen LogP contribution in [0, 0.1) is 0 Å². The third-order valence-corrected chi connectivity index (χ3v) is 2.40. The third-order valence-electron chi connectivity index (χ3n) is 1.75. The molecule has 0 aromatic carbocycles. The second kappa shape index (κ2) is 2.88. The Labute approximate surface area is 78.3 Å². The molecule has 0 fully saturated rings. The summed E-state index contributed by atoms with van der Waals surface area (Å²) in [6.07, 6.45) is 3.74. The Bertz CT molecular complexity index is 408. The van der Waals surface area contributed by atoms with Crippen molar-refractivity contribution in [2.45, 2.75) is 6.54 Å². The van der Waals surface area contributed by atoms with Gasteiger partial charge in [0.05, 0.1) is 22.0 Å². The highest BCUT2D eigenvalue weighted by Gasteiger charge is 1.98. The first-order valence-corrected chi connectivity index (χ1v) is 4.42. The Morgan fingerprint density at radius 2 is 2.33 bits per heavy atom. The number of halogens is 1. The molecule has 3 nitrogen and oxygen atoms in total. The van der Waals surface area contributed by atoms with Gasteiger partial charge in [-0.3, -0.25) is 4.98 Å². The van der Waals surface area contributed by atoms with Gasteiger partial charge >= 0.3 is 0 Å². The maximum absolute atomic E-state index is 5.47. The van der Waals surface area contributed by atoms with Gasteiger partial charge < -0.3 is 10.1 Å². The van der Waals surface area contributed by atoms with E-state index in [0.29, 0.717) is 6.54 Å². The summed E-state index contributed by atoms with van der Waals surface area (Å²) < 4.78 is 3.03. The predicted molar refractivity (Wildman–Crippen MR) is 50.8 cm³/mol. The van der Waals surface area contributed by atoms with Gasteiger partial charge in [0.25, 0.3) is 0 Å². The van der Waals surface area contributed by atoms with Crippen LogP contribution in [0.1, 0.15) is 5.69 Å². The summed E-state index contributed by atoms with van der Waals surface area (Å²) in [5.74, 6) is 0. The van der Waals surface area contributed by atoms with Crippen molar-refractivity contribution in [2.24, 2.45) is 5.73 Å². The number of nitrogens with two attached hydrogens (primary N) is 1. The number of hydrogen-bond acceptors (Lipinski definition) is 2. The molecule has 0 saturated carbocycles. The zero-order chi connectivity index (χ0) is 8.55. The molecule has 2 rings (SSSR count). The highest BCUT2D eigenvalue weighted by Crippen LogP contribution is 2.15. The smallest absolute Gasteiger partial charge is 0.0893 e. The molecule has 12 heavy (non-hydrogen) atoms. The molecule has 2 aromatic rings. The maximum atomic E-state index is 5.47. The van der Waals surface area contributed by atoms with E-state index in [1.165, 1.54) is 0 Å². The van der Waals surface area contributed by atoms with E-state index in [4.69, 9.17) is 5.73 Å². The molecular formula is C8H8BrN3. The lowest BCUT2D eigenvalue weighted by Gasteiger charge is -1.99. The number of hydrogen-bond donors (Lipinski definition) is 1. The summed E-state index contributed by atoms with van der Waals surface area (Å²) >= 11 is 3.42. The summed E-state index contributed by atoms with van der Waals surface area (Å²) in [4.78, 5) is 4.17. The molecule has 0 radical (unpaired) electrons. The van der Waals surface area contributed by atoms with E-state index < -0.39 is 0 Å². The van der Waals surface area contributed by atoms with Gasteiger partial charge in [-0.25, -0.2) is 0 Å². The fourth-order valence-corrected chi connectivity index (χ4v) is 1.56. The van der Waals surface area contributed by atoms with Crippen LogP contribution < -0.4 is 5.73 Å². The first-order valence-electron chi connectivity index (χ1n) is 3.63. The molecule has 0 amide bonds. The minimum absolute atomic E-state index is 0.473. The van der Waals surface area contributed by atoms with Crippen molar-refractivity contribution in [3.05, 3.63) is 34.8 Å². The largest absolute Gasteiger partial charge is 0.325 e. The van der Waals surface area contributed by atoms with E-state index >= 15 is 0 Å². The molecule has 0 aliphatic heterocycles. The van der Waals surface area contributed by atoms with Gasteiger partial charge in [0.15, 0.2) is 0 Å². The summed E-state index contributed by atoms with van der Waals surface area (Å²) in [6, 6.07) is 3.98. The second-order valence-corrected chi connectivity index (χ2v) is 3.35. The summed E-state index contributed by atoms with van der Waals surface area (Å²) in [5, 5.41) is 0. The quantitative estimate of drug-likeness (QED) is 0.801. The SMILES string of the molecule is NCc1cn2c(Br)ccc2cn1. The highest BCUT2D eigenvalue weighted by atomic mass is 79.9. The molecule has 0 spiro atoms. The Kier molecular flexibility index (Phi) is 1.86. The summed E-state index contributed by atoms with van der Waals surface area (Å²) in [6.45, 7) is 0.473. The molecule has 2 aromatic heterocycles. The van der Waals surface area contributed by atoms with Crippen molar-refractivity contribution in [2.75, 3.05) is 0 Å². The van der Waals surface area contributed by atoms with Crippen LogP contribution in [0.3, 0.4) is 0 Å². The molecule has 0 unspecified atom stereocenters.